The van der Waals surface area contributed by atoms with Crippen molar-refractivity contribution in [3.8, 4) is 28.5 Å². The van der Waals surface area contributed by atoms with Gasteiger partial charge in [0.05, 0.1) is 33.6 Å². The smallest absolute Gasteiger partial charge is 0.273 e. The third-order valence-corrected chi connectivity index (χ3v) is 7.28. The van der Waals surface area contributed by atoms with Crippen LogP contribution < -0.4 is 19.5 Å². The molecule has 2 amide bonds. The highest BCUT2D eigenvalue weighted by Gasteiger charge is 2.48. The number of carbonyl (C=O) groups is 2. The lowest BCUT2D eigenvalue weighted by molar-refractivity contribution is -0.133. The van der Waals surface area contributed by atoms with Crippen molar-refractivity contribution in [1.82, 2.24) is 20.0 Å². The lowest BCUT2D eigenvalue weighted by atomic mass is 9.94. The Labute approximate surface area is 233 Å². The summed E-state index contributed by atoms with van der Waals surface area (Å²) in [5.74, 6) is 1.51. The first-order chi connectivity index (χ1) is 19.4. The molecule has 1 N–H and O–H groups in total. The SMILES string of the molecule is COc1ccc(-c2cc3n(n2)C[C@](C)(C(=O)NCc2ccccc2OC)N(Cc2cccc(OC)c2)C3=O)cc1. The molecule has 0 fully saturated rings. The fourth-order valence-corrected chi connectivity index (χ4v) is 4.96. The van der Waals surface area contributed by atoms with Crippen LogP contribution in [0.3, 0.4) is 0 Å². The van der Waals surface area contributed by atoms with E-state index in [-0.39, 0.29) is 31.4 Å². The molecular weight excluding hydrogens is 508 g/mol. The number of ether oxygens (including phenoxy) is 3. The highest BCUT2D eigenvalue weighted by Crippen LogP contribution is 2.32. The monoisotopic (exact) mass is 540 g/mol. The molecule has 40 heavy (non-hydrogen) atoms. The summed E-state index contributed by atoms with van der Waals surface area (Å²) in [5, 5.41) is 7.76. The standard InChI is InChI=1S/C31H32N4O5/c1-31(30(37)32-18-23-9-5-6-11-28(23)40-4)20-35-27(17-26(33-35)22-12-14-24(38-2)15-13-22)29(36)34(31)19-21-8-7-10-25(16-21)39-3/h5-17H,18-20H2,1-4H3,(H,32,37)/t31-/m1/s1. The predicted molar refractivity (Wildman–Crippen MR) is 150 cm³/mol. The minimum atomic E-state index is -1.22. The summed E-state index contributed by atoms with van der Waals surface area (Å²) in [5.41, 5.74) is 2.37. The summed E-state index contributed by atoms with van der Waals surface area (Å²) in [4.78, 5) is 29.5. The van der Waals surface area contributed by atoms with E-state index in [9.17, 15) is 9.59 Å². The maximum atomic E-state index is 14.0. The molecule has 1 atom stereocenters. The predicted octanol–water partition coefficient (Wildman–Crippen LogP) is 4.31. The molecular formula is C31H32N4O5. The molecule has 0 saturated carbocycles. The van der Waals surface area contributed by atoms with Gasteiger partial charge in [-0.3, -0.25) is 14.3 Å². The molecule has 5 rings (SSSR count). The number of nitrogens with one attached hydrogen (secondary N) is 1. The first kappa shape index (κ1) is 26.8. The van der Waals surface area contributed by atoms with E-state index >= 15 is 0 Å². The fourth-order valence-electron chi connectivity index (χ4n) is 4.96. The summed E-state index contributed by atoms with van der Waals surface area (Å²) in [7, 11) is 4.80. The Hall–Kier alpha value is -4.79. The summed E-state index contributed by atoms with van der Waals surface area (Å²) in [6, 6.07) is 24.3. The highest BCUT2D eigenvalue weighted by molar-refractivity contribution is 6.00. The number of benzene rings is 3. The number of nitrogens with zero attached hydrogens (tertiary/aromatic N) is 3. The number of carbonyl (C=O) groups excluding carboxylic acids is 2. The number of fused-ring (bicyclic) bond motifs is 1. The molecule has 9 nitrogen and oxygen atoms in total. The van der Waals surface area contributed by atoms with Crippen LogP contribution in [0.25, 0.3) is 11.3 Å². The number of para-hydroxylation sites is 1. The highest BCUT2D eigenvalue weighted by atomic mass is 16.5. The second-order valence-corrected chi connectivity index (χ2v) is 9.81. The second-order valence-electron chi connectivity index (χ2n) is 9.81. The molecule has 9 heteroatoms. The normalized spacial score (nSPS) is 16.3. The Morgan fingerprint density at radius 1 is 0.925 bits per heavy atom. The minimum Gasteiger partial charge on any atom is -0.497 e. The molecule has 3 aromatic carbocycles. The van der Waals surface area contributed by atoms with E-state index in [1.54, 1.807) is 43.9 Å². The van der Waals surface area contributed by atoms with Gasteiger partial charge >= 0.3 is 0 Å². The summed E-state index contributed by atoms with van der Waals surface area (Å²) in [6.07, 6.45) is 0. The van der Waals surface area contributed by atoms with Crippen molar-refractivity contribution in [1.29, 1.82) is 0 Å². The third kappa shape index (κ3) is 5.10. The molecule has 0 unspecified atom stereocenters. The van der Waals surface area contributed by atoms with Crippen molar-refractivity contribution in [3.63, 3.8) is 0 Å². The zero-order valence-electron chi connectivity index (χ0n) is 23.0. The Kier molecular flexibility index (Phi) is 7.46. The number of aromatic nitrogens is 2. The fraction of sp³-hybridized carbons (Fsp3) is 0.258. The Morgan fingerprint density at radius 2 is 1.68 bits per heavy atom. The largest absolute Gasteiger partial charge is 0.497 e. The molecule has 4 aromatic rings. The lowest BCUT2D eigenvalue weighted by Gasteiger charge is -2.43. The van der Waals surface area contributed by atoms with Crippen molar-refractivity contribution in [2.45, 2.75) is 32.1 Å². The Bertz CT molecular complexity index is 1530. The maximum Gasteiger partial charge on any atom is 0.273 e. The van der Waals surface area contributed by atoms with Crippen molar-refractivity contribution in [2.75, 3.05) is 21.3 Å². The number of hydrogen-bond donors (Lipinski definition) is 1. The summed E-state index contributed by atoms with van der Waals surface area (Å²) >= 11 is 0. The third-order valence-electron chi connectivity index (χ3n) is 7.28. The molecule has 0 radical (unpaired) electrons. The van der Waals surface area contributed by atoms with Gasteiger partial charge in [-0.15, -0.1) is 0 Å². The first-order valence-electron chi connectivity index (χ1n) is 12.9. The molecule has 2 heterocycles. The van der Waals surface area contributed by atoms with Crippen molar-refractivity contribution in [2.24, 2.45) is 0 Å². The van der Waals surface area contributed by atoms with Gasteiger partial charge in [0.25, 0.3) is 5.91 Å². The average Bonchev–Trinajstić information content (AvgIpc) is 3.42. The molecule has 1 aliphatic heterocycles. The molecule has 0 bridgehead atoms. The van der Waals surface area contributed by atoms with E-state index in [0.29, 0.717) is 22.9 Å². The maximum absolute atomic E-state index is 14.0. The molecule has 1 aliphatic rings. The van der Waals surface area contributed by atoms with Gasteiger partial charge in [0.1, 0.15) is 28.5 Å². The van der Waals surface area contributed by atoms with Gasteiger partial charge in [-0.25, -0.2) is 0 Å². The first-order valence-corrected chi connectivity index (χ1v) is 12.9. The van der Waals surface area contributed by atoms with Gasteiger partial charge < -0.3 is 24.4 Å². The minimum absolute atomic E-state index is 0.186. The number of amides is 2. The van der Waals surface area contributed by atoms with Crippen molar-refractivity contribution in [3.05, 3.63) is 95.7 Å². The van der Waals surface area contributed by atoms with Crippen LogP contribution in [0.15, 0.2) is 78.9 Å². The van der Waals surface area contributed by atoms with E-state index in [0.717, 1.165) is 22.4 Å². The summed E-state index contributed by atoms with van der Waals surface area (Å²) in [6.45, 7) is 2.44. The van der Waals surface area contributed by atoms with Gasteiger partial charge in [-0.05, 0) is 61.0 Å². The van der Waals surface area contributed by atoms with Gasteiger partial charge in [0.2, 0.25) is 5.91 Å². The van der Waals surface area contributed by atoms with Crippen molar-refractivity contribution < 1.29 is 23.8 Å². The van der Waals surface area contributed by atoms with Crippen LogP contribution in [-0.4, -0.2) is 53.4 Å². The number of rotatable bonds is 9. The lowest BCUT2D eigenvalue weighted by Crippen LogP contribution is -2.63. The van der Waals surface area contributed by atoms with E-state index in [1.807, 2.05) is 72.8 Å². The van der Waals surface area contributed by atoms with E-state index < -0.39 is 5.54 Å². The van der Waals surface area contributed by atoms with Gasteiger partial charge in [-0.1, -0.05) is 30.3 Å². The zero-order valence-corrected chi connectivity index (χ0v) is 23.0. The van der Waals surface area contributed by atoms with Crippen LogP contribution in [-0.2, 0) is 24.4 Å². The average molecular weight is 541 g/mol. The second kappa shape index (κ2) is 11.1. The van der Waals surface area contributed by atoms with Crippen LogP contribution in [0, 0.1) is 0 Å². The van der Waals surface area contributed by atoms with Gasteiger partial charge in [-0.2, -0.15) is 5.10 Å². The van der Waals surface area contributed by atoms with Crippen molar-refractivity contribution >= 4 is 11.8 Å². The quantitative estimate of drug-likeness (QED) is 0.340. The molecule has 0 saturated heterocycles. The van der Waals surface area contributed by atoms with Crippen LogP contribution >= 0.6 is 0 Å². The van der Waals surface area contributed by atoms with Crippen LogP contribution in [0.5, 0.6) is 17.2 Å². The molecule has 0 spiro atoms. The topological polar surface area (TPSA) is 94.9 Å². The Balaban J connectivity index is 1.49. The molecule has 206 valence electrons. The summed E-state index contributed by atoms with van der Waals surface area (Å²) < 4.78 is 17.7. The van der Waals surface area contributed by atoms with Crippen LogP contribution in [0.4, 0.5) is 0 Å². The number of methoxy groups -OCH3 is 3. The van der Waals surface area contributed by atoms with Crippen LogP contribution in [0.2, 0.25) is 0 Å². The Morgan fingerprint density at radius 3 is 2.40 bits per heavy atom. The number of hydrogen-bond acceptors (Lipinski definition) is 6. The van der Waals surface area contributed by atoms with Gasteiger partial charge in [0, 0.05) is 24.2 Å². The van der Waals surface area contributed by atoms with E-state index in [1.165, 1.54) is 0 Å². The van der Waals surface area contributed by atoms with Gasteiger partial charge in [0.15, 0.2) is 0 Å². The van der Waals surface area contributed by atoms with E-state index in [2.05, 4.69) is 5.32 Å². The van der Waals surface area contributed by atoms with Crippen LogP contribution in [0.1, 0.15) is 28.5 Å². The zero-order chi connectivity index (χ0) is 28.3. The molecule has 0 aliphatic carbocycles. The molecule has 1 aromatic heterocycles. The van der Waals surface area contributed by atoms with E-state index in [4.69, 9.17) is 19.3 Å².